The average Bonchev–Trinajstić information content (AvgIpc) is 3.26. The van der Waals surface area contributed by atoms with E-state index >= 15 is 0 Å². The number of nitrogens with one attached hydrogen (secondary N) is 1. The van der Waals surface area contributed by atoms with Gasteiger partial charge in [0.15, 0.2) is 5.69 Å². The molecule has 4 nitrogen and oxygen atoms in total. The third-order valence-corrected chi connectivity index (χ3v) is 5.39. The molecular weight excluding hydrogens is 355 g/mol. The van der Waals surface area contributed by atoms with Gasteiger partial charge < -0.3 is 4.98 Å². The van der Waals surface area contributed by atoms with Gasteiger partial charge in [-0.3, -0.25) is 4.79 Å². The molecule has 0 unspecified atom stereocenters. The molecule has 7 heteroatoms. The van der Waals surface area contributed by atoms with Gasteiger partial charge in [-0.1, -0.05) is 43.2 Å². The number of nitrogens with zero attached hydrogens (tertiary/aromatic N) is 2. The Kier molecular flexibility index (Phi) is 4.32. The first-order valence-electron chi connectivity index (χ1n) is 9.11. The van der Waals surface area contributed by atoms with Gasteiger partial charge in [0.2, 0.25) is 0 Å². The van der Waals surface area contributed by atoms with Crippen LogP contribution in [0.15, 0.2) is 35.1 Å². The number of benzene rings is 1. The molecule has 0 atom stereocenters. The summed E-state index contributed by atoms with van der Waals surface area (Å²) in [5.74, 6) is -0.214. The lowest BCUT2D eigenvalue weighted by molar-refractivity contribution is -0.142. The molecule has 1 saturated carbocycles. The SMILES string of the molecule is Cc1[nH]c2c(C3CCCC3)c(C(F)(F)F)nn2c(=O)c1Cc1ccccc1. The van der Waals surface area contributed by atoms with Crippen molar-refractivity contribution in [3.05, 3.63) is 68.8 Å². The molecule has 0 radical (unpaired) electrons. The van der Waals surface area contributed by atoms with Crippen LogP contribution in [-0.2, 0) is 12.6 Å². The molecule has 3 aromatic rings. The van der Waals surface area contributed by atoms with Crippen molar-refractivity contribution in [3.8, 4) is 0 Å². The smallest absolute Gasteiger partial charge is 0.343 e. The maximum Gasteiger partial charge on any atom is 0.435 e. The highest BCUT2D eigenvalue weighted by Crippen LogP contribution is 2.42. The fraction of sp³-hybridized carbons (Fsp3) is 0.400. The second-order valence-corrected chi connectivity index (χ2v) is 7.20. The van der Waals surface area contributed by atoms with Crippen molar-refractivity contribution in [2.45, 2.75) is 51.1 Å². The van der Waals surface area contributed by atoms with Gasteiger partial charge in [-0.05, 0) is 31.2 Å². The highest BCUT2D eigenvalue weighted by molar-refractivity contribution is 5.54. The van der Waals surface area contributed by atoms with Crippen LogP contribution in [-0.4, -0.2) is 14.6 Å². The van der Waals surface area contributed by atoms with Crippen LogP contribution in [0.4, 0.5) is 13.2 Å². The van der Waals surface area contributed by atoms with Gasteiger partial charge in [0.05, 0.1) is 0 Å². The number of H-pyrrole nitrogens is 1. The molecular formula is C20H20F3N3O. The third kappa shape index (κ3) is 3.15. The van der Waals surface area contributed by atoms with Gasteiger partial charge in [0.1, 0.15) is 5.65 Å². The summed E-state index contributed by atoms with van der Waals surface area (Å²) in [6, 6.07) is 9.38. The number of hydrogen-bond donors (Lipinski definition) is 1. The summed E-state index contributed by atoms with van der Waals surface area (Å²) in [4.78, 5) is 16.0. The molecule has 2 aromatic heterocycles. The number of fused-ring (bicyclic) bond motifs is 1. The highest BCUT2D eigenvalue weighted by atomic mass is 19.4. The van der Waals surface area contributed by atoms with Crippen molar-refractivity contribution in [1.29, 1.82) is 0 Å². The minimum atomic E-state index is -4.59. The van der Waals surface area contributed by atoms with Crippen molar-refractivity contribution in [2.75, 3.05) is 0 Å². The van der Waals surface area contributed by atoms with Crippen LogP contribution < -0.4 is 5.56 Å². The Labute approximate surface area is 154 Å². The van der Waals surface area contributed by atoms with Crippen molar-refractivity contribution < 1.29 is 13.2 Å². The van der Waals surface area contributed by atoms with Crippen molar-refractivity contribution in [2.24, 2.45) is 0 Å². The van der Waals surface area contributed by atoms with Crippen molar-refractivity contribution >= 4 is 5.65 Å². The predicted molar refractivity (Wildman–Crippen MR) is 96.0 cm³/mol. The maximum absolute atomic E-state index is 13.6. The molecule has 0 spiro atoms. The number of hydrogen-bond acceptors (Lipinski definition) is 2. The van der Waals surface area contributed by atoms with Gasteiger partial charge in [0, 0.05) is 23.2 Å². The average molecular weight is 375 g/mol. The molecule has 142 valence electrons. The normalized spacial score (nSPS) is 15.7. The van der Waals surface area contributed by atoms with E-state index in [4.69, 9.17) is 0 Å². The van der Waals surface area contributed by atoms with E-state index in [0.29, 0.717) is 30.5 Å². The number of halogens is 3. The van der Waals surface area contributed by atoms with Gasteiger partial charge in [0.25, 0.3) is 5.56 Å². The van der Waals surface area contributed by atoms with E-state index in [9.17, 15) is 18.0 Å². The number of aromatic nitrogens is 3. The Morgan fingerprint density at radius 3 is 2.48 bits per heavy atom. The van der Waals surface area contributed by atoms with Gasteiger partial charge >= 0.3 is 6.18 Å². The van der Waals surface area contributed by atoms with Gasteiger partial charge in [-0.25, -0.2) is 0 Å². The standard InChI is InChI=1S/C20H20F3N3O/c1-12-15(11-13-7-3-2-4-8-13)19(27)26-18(24-12)16(14-9-5-6-10-14)17(25-26)20(21,22)23/h2-4,7-8,14,24H,5-6,9-11H2,1H3. The summed E-state index contributed by atoms with van der Waals surface area (Å²) in [5.41, 5.74) is 0.857. The molecule has 1 fully saturated rings. The Bertz CT molecular complexity index is 1030. The van der Waals surface area contributed by atoms with E-state index in [1.54, 1.807) is 6.92 Å². The lowest BCUT2D eigenvalue weighted by Gasteiger charge is -2.12. The molecule has 1 N–H and O–H groups in total. The van der Waals surface area contributed by atoms with Crippen LogP contribution >= 0.6 is 0 Å². The minimum Gasteiger partial charge on any atom is -0.343 e. The summed E-state index contributed by atoms with van der Waals surface area (Å²) in [7, 11) is 0. The zero-order valence-electron chi connectivity index (χ0n) is 14.9. The Hall–Kier alpha value is -2.57. The quantitative estimate of drug-likeness (QED) is 0.727. The zero-order valence-corrected chi connectivity index (χ0v) is 14.9. The van der Waals surface area contributed by atoms with Gasteiger partial charge in [-0.15, -0.1) is 0 Å². The summed E-state index contributed by atoms with van der Waals surface area (Å²) >= 11 is 0. The first kappa shape index (κ1) is 17.8. The molecule has 0 bridgehead atoms. The van der Waals surface area contributed by atoms with Gasteiger partial charge in [-0.2, -0.15) is 22.8 Å². The first-order valence-corrected chi connectivity index (χ1v) is 9.11. The maximum atomic E-state index is 13.6. The molecule has 1 aliphatic rings. The highest BCUT2D eigenvalue weighted by Gasteiger charge is 2.41. The van der Waals surface area contributed by atoms with Crippen LogP contribution in [0.3, 0.4) is 0 Å². The number of rotatable bonds is 3. The van der Waals surface area contributed by atoms with E-state index in [2.05, 4.69) is 10.1 Å². The van der Waals surface area contributed by atoms with Crippen LogP contribution in [0.5, 0.6) is 0 Å². The fourth-order valence-electron chi connectivity index (χ4n) is 4.06. The Balaban J connectivity index is 1.92. The van der Waals surface area contributed by atoms with E-state index in [1.807, 2.05) is 30.3 Å². The van der Waals surface area contributed by atoms with E-state index in [1.165, 1.54) is 0 Å². The topological polar surface area (TPSA) is 50.2 Å². The van der Waals surface area contributed by atoms with Crippen LogP contribution in [0.25, 0.3) is 5.65 Å². The lowest BCUT2D eigenvalue weighted by Crippen LogP contribution is -2.22. The molecule has 1 aliphatic carbocycles. The molecule has 27 heavy (non-hydrogen) atoms. The first-order chi connectivity index (χ1) is 12.9. The second kappa shape index (κ2) is 6.55. The Morgan fingerprint density at radius 1 is 1.19 bits per heavy atom. The lowest BCUT2D eigenvalue weighted by atomic mass is 9.97. The van der Waals surface area contributed by atoms with Crippen LogP contribution in [0.1, 0.15) is 59.7 Å². The number of aromatic amines is 1. The van der Waals surface area contributed by atoms with E-state index < -0.39 is 17.4 Å². The van der Waals surface area contributed by atoms with Crippen molar-refractivity contribution in [3.63, 3.8) is 0 Å². The molecule has 0 amide bonds. The van der Waals surface area contributed by atoms with E-state index in [0.717, 1.165) is 22.9 Å². The molecule has 1 aromatic carbocycles. The molecule has 0 saturated heterocycles. The fourth-order valence-corrected chi connectivity index (χ4v) is 4.06. The molecule has 2 heterocycles. The van der Waals surface area contributed by atoms with Crippen molar-refractivity contribution in [1.82, 2.24) is 14.6 Å². The Morgan fingerprint density at radius 2 is 1.85 bits per heavy atom. The number of aryl methyl sites for hydroxylation is 1. The minimum absolute atomic E-state index is 0.145. The summed E-state index contributed by atoms with van der Waals surface area (Å²) in [6.07, 6.45) is -1.06. The number of alkyl halides is 3. The molecule has 0 aliphatic heterocycles. The summed E-state index contributed by atoms with van der Waals surface area (Å²) in [5, 5.41) is 3.72. The van der Waals surface area contributed by atoms with Crippen LogP contribution in [0.2, 0.25) is 0 Å². The monoisotopic (exact) mass is 375 g/mol. The van der Waals surface area contributed by atoms with E-state index in [-0.39, 0.29) is 17.1 Å². The van der Waals surface area contributed by atoms with Crippen LogP contribution in [0, 0.1) is 6.92 Å². The largest absolute Gasteiger partial charge is 0.435 e. The summed E-state index contributed by atoms with van der Waals surface area (Å²) in [6.45, 7) is 1.73. The third-order valence-electron chi connectivity index (χ3n) is 5.39. The predicted octanol–water partition coefficient (Wildman–Crippen LogP) is 4.60. The molecule has 4 rings (SSSR count). The summed E-state index contributed by atoms with van der Waals surface area (Å²) < 4.78 is 41.8. The zero-order chi connectivity index (χ0) is 19.2. The second-order valence-electron chi connectivity index (χ2n) is 7.20.